The molecular weight excluding hydrogens is 734 g/mol. The molecule has 1 aliphatic carbocycles. The summed E-state index contributed by atoms with van der Waals surface area (Å²) < 4.78 is 13.3. The highest BCUT2D eigenvalue weighted by molar-refractivity contribution is 6.25. The smallest absolute Gasteiger partial charge is 0.264 e. The van der Waals surface area contributed by atoms with Gasteiger partial charge in [0, 0.05) is 69.0 Å². The second-order valence-corrected chi connectivity index (χ2v) is 14.3. The summed E-state index contributed by atoms with van der Waals surface area (Å²) in [6.07, 6.45) is 8.11. The highest BCUT2D eigenvalue weighted by Gasteiger charge is 2.45. The van der Waals surface area contributed by atoms with E-state index in [1.54, 1.807) is 61.6 Å². The van der Waals surface area contributed by atoms with E-state index in [4.69, 9.17) is 14.5 Å². The molecule has 298 valence electrons. The van der Waals surface area contributed by atoms with Gasteiger partial charge in [-0.05, 0) is 55.7 Å². The van der Waals surface area contributed by atoms with Crippen LogP contribution in [0.5, 0.6) is 0 Å². The summed E-state index contributed by atoms with van der Waals surface area (Å²) in [6, 6.07) is 11.1. The van der Waals surface area contributed by atoms with Gasteiger partial charge in [-0.15, -0.1) is 0 Å². The van der Waals surface area contributed by atoms with Crippen LogP contribution in [-0.4, -0.2) is 119 Å². The second-order valence-electron chi connectivity index (χ2n) is 14.3. The molecule has 3 aliphatic rings. The van der Waals surface area contributed by atoms with Crippen molar-refractivity contribution in [2.75, 3.05) is 64.2 Å². The number of piperidine rings is 1. The number of aromatic nitrogens is 3. The van der Waals surface area contributed by atoms with Crippen LogP contribution in [-0.2, 0) is 19.1 Å². The van der Waals surface area contributed by atoms with Gasteiger partial charge in [-0.2, -0.15) is 4.98 Å². The van der Waals surface area contributed by atoms with Crippen LogP contribution < -0.4 is 21.3 Å². The minimum absolute atomic E-state index is 0.0510. The molecule has 0 bridgehead atoms. The minimum Gasteiger partial charge on any atom is -0.382 e. The highest BCUT2D eigenvalue weighted by atomic mass is 16.5. The van der Waals surface area contributed by atoms with E-state index in [0.29, 0.717) is 67.4 Å². The lowest BCUT2D eigenvalue weighted by atomic mass is 10.0. The summed E-state index contributed by atoms with van der Waals surface area (Å²) in [5.74, 6) is -2.17. The predicted octanol–water partition coefficient (Wildman–Crippen LogP) is 3.27. The summed E-state index contributed by atoms with van der Waals surface area (Å²) >= 11 is 0. The molecule has 1 saturated heterocycles. The van der Waals surface area contributed by atoms with Gasteiger partial charge >= 0.3 is 0 Å². The van der Waals surface area contributed by atoms with Crippen molar-refractivity contribution in [1.29, 1.82) is 0 Å². The number of carbonyl (C=O) groups is 6. The van der Waals surface area contributed by atoms with Gasteiger partial charge in [0.2, 0.25) is 17.8 Å². The Labute approximate surface area is 328 Å². The number of rotatable bonds is 16. The summed E-state index contributed by atoms with van der Waals surface area (Å²) in [7, 11) is 3.46. The number of fused-ring (bicyclic) bond motifs is 2. The van der Waals surface area contributed by atoms with E-state index in [2.05, 4.69) is 30.8 Å². The zero-order valence-electron chi connectivity index (χ0n) is 31.8. The summed E-state index contributed by atoms with van der Waals surface area (Å²) in [6.45, 7) is 1.83. The van der Waals surface area contributed by atoms with Crippen molar-refractivity contribution in [2.45, 2.75) is 50.6 Å². The molecule has 2 aromatic carbocycles. The van der Waals surface area contributed by atoms with Gasteiger partial charge in [0.25, 0.3) is 23.6 Å². The fourth-order valence-electron chi connectivity index (χ4n) is 7.38. The van der Waals surface area contributed by atoms with E-state index in [-0.39, 0.29) is 42.4 Å². The number of carbonyl (C=O) groups excluding carboxylic acids is 6. The molecule has 4 aromatic rings. The number of nitrogens with one attached hydrogen (secondary N) is 4. The minimum atomic E-state index is -1.03. The normalized spacial score (nSPS) is 16.9. The van der Waals surface area contributed by atoms with Crippen molar-refractivity contribution in [2.24, 2.45) is 0 Å². The Balaban J connectivity index is 0.808. The van der Waals surface area contributed by atoms with E-state index in [9.17, 15) is 28.8 Å². The molecule has 2 aromatic heterocycles. The van der Waals surface area contributed by atoms with Crippen molar-refractivity contribution >= 4 is 63.8 Å². The largest absolute Gasteiger partial charge is 0.382 e. The van der Waals surface area contributed by atoms with Crippen molar-refractivity contribution in [3.05, 3.63) is 77.1 Å². The van der Waals surface area contributed by atoms with Crippen LogP contribution in [0.3, 0.4) is 0 Å². The lowest BCUT2D eigenvalue weighted by Gasteiger charge is -2.27. The van der Waals surface area contributed by atoms with Crippen LogP contribution in [0.25, 0.3) is 11.0 Å². The van der Waals surface area contributed by atoms with Gasteiger partial charge in [0.05, 0.1) is 48.5 Å². The number of ether oxygens (including phenoxy) is 2. The Bertz CT molecular complexity index is 2200. The Morgan fingerprint density at radius 1 is 0.912 bits per heavy atom. The molecule has 0 spiro atoms. The molecule has 2 aliphatic heterocycles. The molecule has 57 heavy (non-hydrogen) atoms. The van der Waals surface area contributed by atoms with Crippen LogP contribution in [0.1, 0.15) is 86.0 Å². The quantitative estimate of drug-likeness (QED) is 0.0956. The first kappa shape index (κ1) is 39.1. The molecule has 2 fully saturated rings. The summed E-state index contributed by atoms with van der Waals surface area (Å²) in [4.78, 5) is 87.6. The van der Waals surface area contributed by atoms with E-state index >= 15 is 0 Å². The number of amides is 6. The third kappa shape index (κ3) is 8.49. The van der Waals surface area contributed by atoms with E-state index in [1.807, 2.05) is 6.20 Å². The molecule has 6 amide bonds. The number of imide groups is 2. The number of hydrogen-bond acceptors (Lipinski definition) is 12. The Morgan fingerprint density at radius 2 is 1.65 bits per heavy atom. The van der Waals surface area contributed by atoms with Gasteiger partial charge < -0.3 is 34.9 Å². The highest BCUT2D eigenvalue weighted by Crippen LogP contribution is 2.35. The third-order valence-corrected chi connectivity index (χ3v) is 10.3. The first-order valence-electron chi connectivity index (χ1n) is 19.1. The average molecular weight is 780 g/mol. The molecule has 4 heterocycles. The zero-order chi connectivity index (χ0) is 40.1. The predicted molar refractivity (Wildman–Crippen MR) is 208 cm³/mol. The Hall–Kier alpha value is -6.20. The van der Waals surface area contributed by atoms with Gasteiger partial charge in [-0.25, -0.2) is 4.98 Å². The maximum Gasteiger partial charge on any atom is 0.264 e. The molecular formula is C40H45N9O8. The second kappa shape index (κ2) is 17.3. The van der Waals surface area contributed by atoms with E-state index in [0.717, 1.165) is 41.6 Å². The van der Waals surface area contributed by atoms with E-state index in [1.165, 1.54) is 6.07 Å². The van der Waals surface area contributed by atoms with Gasteiger partial charge in [-0.3, -0.25) is 39.0 Å². The molecule has 1 saturated carbocycles. The van der Waals surface area contributed by atoms with Crippen LogP contribution >= 0.6 is 0 Å². The Morgan fingerprint density at radius 3 is 2.37 bits per heavy atom. The SMILES string of the molecule is CN(C)C(=O)c1cn(C2CCCC2)c2nc(Nc3ccc(C(=O)NCCOCCOCCNc4cccc5c4C(=O)N(C4CCC(=O)NC4=O)C5=O)cc3)ncc12. The van der Waals surface area contributed by atoms with Crippen molar-refractivity contribution < 1.29 is 38.2 Å². The molecule has 7 rings (SSSR count). The molecule has 1 unspecified atom stereocenters. The van der Waals surface area contributed by atoms with Crippen molar-refractivity contribution in [3.63, 3.8) is 0 Å². The molecule has 0 radical (unpaired) electrons. The van der Waals surface area contributed by atoms with Crippen LogP contribution in [0.15, 0.2) is 54.9 Å². The van der Waals surface area contributed by atoms with Crippen molar-refractivity contribution in [3.8, 4) is 0 Å². The van der Waals surface area contributed by atoms with Crippen LogP contribution in [0.4, 0.5) is 17.3 Å². The molecule has 17 heteroatoms. The standard InChI is InChI=1S/C40H45N9O8/c1-47(2)37(53)29-23-48(26-6-3-4-7-26)34-28(29)22-43-40(46-34)44-25-12-10-24(11-13-25)35(51)42-17-19-57-21-20-56-18-16-41-30-9-5-8-27-33(30)39(55)49(38(27)54)31-14-15-32(50)45-36(31)52/h5,8-13,22-23,26,31,41H,3-4,6-7,14-21H2,1-2H3,(H,42,51)(H,43,44,46)(H,45,50,52). The topological polar surface area (TPSA) is 206 Å². The number of nitrogens with zero attached hydrogens (tertiary/aromatic N) is 5. The van der Waals surface area contributed by atoms with Crippen molar-refractivity contribution in [1.82, 2.24) is 35.0 Å². The third-order valence-electron chi connectivity index (χ3n) is 10.3. The molecule has 1 atom stereocenters. The van der Waals surface area contributed by atoms with E-state index < -0.39 is 29.7 Å². The van der Waals surface area contributed by atoms with Gasteiger partial charge in [0.1, 0.15) is 11.7 Å². The maximum absolute atomic E-state index is 13.2. The molecule has 17 nitrogen and oxygen atoms in total. The summed E-state index contributed by atoms with van der Waals surface area (Å²) in [5, 5.41) is 12.1. The van der Waals surface area contributed by atoms with Crippen LogP contribution in [0.2, 0.25) is 0 Å². The van der Waals surface area contributed by atoms with Gasteiger partial charge in [-0.1, -0.05) is 18.9 Å². The monoisotopic (exact) mass is 779 g/mol. The average Bonchev–Trinajstić information content (AvgIpc) is 3.93. The van der Waals surface area contributed by atoms with Gasteiger partial charge in [0.15, 0.2) is 0 Å². The fourth-order valence-corrected chi connectivity index (χ4v) is 7.38. The lowest BCUT2D eigenvalue weighted by Crippen LogP contribution is -2.54. The first-order valence-corrected chi connectivity index (χ1v) is 19.1. The number of anilines is 3. The lowest BCUT2D eigenvalue weighted by molar-refractivity contribution is -0.136. The van der Waals surface area contributed by atoms with Crippen LogP contribution in [0, 0.1) is 0 Å². The maximum atomic E-state index is 13.2. The first-order chi connectivity index (χ1) is 27.6. The zero-order valence-corrected chi connectivity index (χ0v) is 31.8. The molecule has 4 N–H and O–H groups in total. The fraction of sp³-hybridized carbons (Fsp3) is 0.400. The number of hydrogen-bond donors (Lipinski definition) is 4. The Kier molecular flexibility index (Phi) is 11.9. The summed E-state index contributed by atoms with van der Waals surface area (Å²) in [5.41, 5.74) is 3.34. The number of benzene rings is 2.